The SMILES string of the molecule is C=C(NC(=Nc1cccc(OC)c1OC)c1cc(Cl)ccc1C)c1cccnc1. The van der Waals surface area contributed by atoms with Crippen molar-refractivity contribution in [2.45, 2.75) is 6.92 Å². The van der Waals surface area contributed by atoms with Crippen molar-refractivity contribution in [3.63, 3.8) is 0 Å². The van der Waals surface area contributed by atoms with Crippen LogP contribution in [0.3, 0.4) is 0 Å². The molecule has 0 saturated heterocycles. The van der Waals surface area contributed by atoms with E-state index >= 15 is 0 Å². The van der Waals surface area contributed by atoms with Gasteiger partial charge in [-0.15, -0.1) is 0 Å². The van der Waals surface area contributed by atoms with E-state index in [1.165, 1.54) is 0 Å². The van der Waals surface area contributed by atoms with Gasteiger partial charge in [-0.1, -0.05) is 30.3 Å². The van der Waals surface area contributed by atoms with Crippen LogP contribution in [0.1, 0.15) is 16.7 Å². The number of hydrogen-bond acceptors (Lipinski definition) is 4. The molecule has 0 bridgehead atoms. The topological polar surface area (TPSA) is 55.7 Å². The van der Waals surface area contributed by atoms with Crippen molar-refractivity contribution in [1.82, 2.24) is 10.3 Å². The first kappa shape index (κ1) is 20.4. The summed E-state index contributed by atoms with van der Waals surface area (Å²) in [5, 5.41) is 3.93. The zero-order chi connectivity index (χ0) is 20.8. The number of halogens is 1. The third-order valence-electron chi connectivity index (χ3n) is 4.35. The van der Waals surface area contributed by atoms with E-state index in [0.29, 0.717) is 33.7 Å². The van der Waals surface area contributed by atoms with E-state index in [9.17, 15) is 0 Å². The summed E-state index contributed by atoms with van der Waals surface area (Å²) >= 11 is 6.26. The number of benzene rings is 2. The largest absolute Gasteiger partial charge is 0.493 e. The van der Waals surface area contributed by atoms with E-state index in [2.05, 4.69) is 16.9 Å². The number of pyridine rings is 1. The monoisotopic (exact) mass is 407 g/mol. The van der Waals surface area contributed by atoms with Gasteiger partial charge in [0.15, 0.2) is 11.5 Å². The van der Waals surface area contributed by atoms with E-state index in [4.69, 9.17) is 26.1 Å². The molecule has 0 saturated carbocycles. The van der Waals surface area contributed by atoms with Crippen LogP contribution >= 0.6 is 11.6 Å². The molecule has 1 heterocycles. The molecule has 0 unspecified atom stereocenters. The van der Waals surface area contributed by atoms with Gasteiger partial charge in [0, 0.05) is 34.2 Å². The number of ether oxygens (including phenoxy) is 2. The zero-order valence-corrected chi connectivity index (χ0v) is 17.3. The second-order valence-corrected chi connectivity index (χ2v) is 6.71. The Labute approximate surface area is 175 Å². The molecule has 0 aliphatic heterocycles. The molecule has 0 atom stereocenters. The van der Waals surface area contributed by atoms with Crippen molar-refractivity contribution in [2.75, 3.05) is 14.2 Å². The lowest BCUT2D eigenvalue weighted by atomic mass is 10.1. The average Bonchev–Trinajstić information content (AvgIpc) is 2.75. The molecule has 0 aliphatic carbocycles. The first-order valence-electron chi connectivity index (χ1n) is 8.96. The highest BCUT2D eigenvalue weighted by Crippen LogP contribution is 2.37. The van der Waals surface area contributed by atoms with Crippen LogP contribution < -0.4 is 14.8 Å². The molecule has 0 radical (unpaired) electrons. The number of para-hydroxylation sites is 1. The molecule has 0 fully saturated rings. The lowest BCUT2D eigenvalue weighted by Gasteiger charge is -2.16. The first-order chi connectivity index (χ1) is 14.0. The summed E-state index contributed by atoms with van der Waals surface area (Å²) in [5.74, 6) is 1.73. The number of methoxy groups -OCH3 is 2. The van der Waals surface area contributed by atoms with Crippen molar-refractivity contribution < 1.29 is 9.47 Å². The Kier molecular flexibility index (Phi) is 6.52. The van der Waals surface area contributed by atoms with Gasteiger partial charge >= 0.3 is 0 Å². The van der Waals surface area contributed by atoms with Crippen molar-refractivity contribution in [2.24, 2.45) is 4.99 Å². The second kappa shape index (κ2) is 9.26. The third-order valence-corrected chi connectivity index (χ3v) is 4.58. The van der Waals surface area contributed by atoms with Crippen LogP contribution in [0.2, 0.25) is 5.02 Å². The first-order valence-corrected chi connectivity index (χ1v) is 9.33. The number of nitrogens with one attached hydrogen (secondary N) is 1. The fraction of sp³-hybridized carbons (Fsp3) is 0.130. The Bertz CT molecular complexity index is 1050. The third kappa shape index (κ3) is 4.76. The summed E-state index contributed by atoms with van der Waals surface area (Å²) in [6.45, 7) is 6.14. The molecule has 0 amide bonds. The molecule has 1 N–H and O–H groups in total. The van der Waals surface area contributed by atoms with E-state index in [0.717, 1.165) is 16.7 Å². The van der Waals surface area contributed by atoms with Gasteiger partial charge in [0.2, 0.25) is 0 Å². The molecule has 6 heteroatoms. The number of amidine groups is 1. The minimum absolute atomic E-state index is 0.543. The van der Waals surface area contributed by atoms with E-state index < -0.39 is 0 Å². The molecule has 5 nitrogen and oxygen atoms in total. The minimum atomic E-state index is 0.543. The van der Waals surface area contributed by atoms with Crippen molar-refractivity contribution in [1.29, 1.82) is 0 Å². The second-order valence-electron chi connectivity index (χ2n) is 6.28. The summed E-state index contributed by atoms with van der Waals surface area (Å²) in [4.78, 5) is 8.99. The summed E-state index contributed by atoms with van der Waals surface area (Å²) < 4.78 is 10.9. The Balaban J connectivity index is 2.12. The number of nitrogens with zero attached hydrogens (tertiary/aromatic N) is 2. The van der Waals surface area contributed by atoms with E-state index in [-0.39, 0.29) is 0 Å². The molecule has 148 valence electrons. The van der Waals surface area contributed by atoms with Crippen LogP contribution in [0.15, 0.2) is 72.5 Å². The number of aliphatic imine (C=N–C) groups is 1. The summed E-state index contributed by atoms with van der Waals surface area (Å²) in [7, 11) is 3.18. The summed E-state index contributed by atoms with van der Waals surface area (Å²) in [5.41, 5.74) is 4.01. The van der Waals surface area contributed by atoms with Gasteiger partial charge < -0.3 is 14.8 Å². The molecule has 29 heavy (non-hydrogen) atoms. The van der Waals surface area contributed by atoms with Gasteiger partial charge in [0.25, 0.3) is 0 Å². The standard InChI is InChI=1S/C23H22ClN3O2/c1-15-10-11-18(24)13-19(15)23(26-16(2)17-7-6-12-25-14-17)27-20-8-5-9-21(28-3)22(20)29-4/h5-14H,2H2,1,3-4H3,(H,26,27). The lowest BCUT2D eigenvalue weighted by molar-refractivity contribution is 0.356. The highest BCUT2D eigenvalue weighted by Gasteiger charge is 2.14. The molecule has 3 aromatic rings. The smallest absolute Gasteiger partial charge is 0.186 e. The number of rotatable bonds is 6. The Morgan fingerprint density at radius 1 is 1.10 bits per heavy atom. The Hall–Kier alpha value is -3.31. The highest BCUT2D eigenvalue weighted by atomic mass is 35.5. The van der Waals surface area contributed by atoms with Gasteiger partial charge in [-0.05, 0) is 48.9 Å². The van der Waals surface area contributed by atoms with Crippen LogP contribution in [0.25, 0.3) is 5.70 Å². The van der Waals surface area contributed by atoms with E-state index in [1.54, 1.807) is 26.6 Å². The highest BCUT2D eigenvalue weighted by molar-refractivity contribution is 6.31. The van der Waals surface area contributed by atoms with Gasteiger partial charge in [0.1, 0.15) is 11.5 Å². The fourth-order valence-corrected chi connectivity index (χ4v) is 3.01. The van der Waals surface area contributed by atoms with Gasteiger partial charge in [-0.25, -0.2) is 4.99 Å². The number of hydrogen-bond donors (Lipinski definition) is 1. The maximum atomic E-state index is 6.26. The van der Waals surface area contributed by atoms with Crippen molar-refractivity contribution >= 4 is 28.8 Å². The van der Waals surface area contributed by atoms with Crippen LogP contribution in [0.5, 0.6) is 11.5 Å². The summed E-state index contributed by atoms with van der Waals surface area (Å²) in [6, 6.07) is 15.0. The average molecular weight is 408 g/mol. The normalized spacial score (nSPS) is 11.1. The molecule has 3 rings (SSSR count). The van der Waals surface area contributed by atoms with Crippen molar-refractivity contribution in [3.05, 3.63) is 89.2 Å². The van der Waals surface area contributed by atoms with Crippen LogP contribution in [-0.4, -0.2) is 25.0 Å². The molecule has 0 spiro atoms. The predicted octanol–water partition coefficient (Wildman–Crippen LogP) is 5.40. The van der Waals surface area contributed by atoms with Crippen LogP contribution in [0, 0.1) is 6.92 Å². The number of aromatic nitrogens is 1. The molecule has 0 aliphatic rings. The molecule has 1 aromatic heterocycles. The number of aryl methyl sites for hydroxylation is 1. The molecular weight excluding hydrogens is 386 g/mol. The van der Waals surface area contributed by atoms with Gasteiger partial charge in [-0.3, -0.25) is 4.98 Å². The molecular formula is C23H22ClN3O2. The van der Waals surface area contributed by atoms with Crippen LogP contribution in [0.4, 0.5) is 5.69 Å². The fourth-order valence-electron chi connectivity index (χ4n) is 2.84. The predicted molar refractivity (Wildman–Crippen MR) is 118 cm³/mol. The Morgan fingerprint density at radius 2 is 1.93 bits per heavy atom. The summed E-state index contributed by atoms with van der Waals surface area (Å²) in [6.07, 6.45) is 3.46. The minimum Gasteiger partial charge on any atom is -0.493 e. The maximum Gasteiger partial charge on any atom is 0.186 e. The van der Waals surface area contributed by atoms with E-state index in [1.807, 2.05) is 55.5 Å². The molecule has 2 aromatic carbocycles. The zero-order valence-electron chi connectivity index (χ0n) is 16.6. The van der Waals surface area contributed by atoms with Crippen molar-refractivity contribution in [3.8, 4) is 11.5 Å². The lowest BCUT2D eigenvalue weighted by Crippen LogP contribution is -2.23. The quantitative estimate of drug-likeness (QED) is 0.439. The van der Waals surface area contributed by atoms with Gasteiger partial charge in [-0.2, -0.15) is 0 Å². The van der Waals surface area contributed by atoms with Gasteiger partial charge in [0.05, 0.1) is 14.2 Å². The van der Waals surface area contributed by atoms with Crippen LogP contribution in [-0.2, 0) is 0 Å². The Morgan fingerprint density at radius 3 is 2.62 bits per heavy atom. The maximum absolute atomic E-state index is 6.26.